The van der Waals surface area contributed by atoms with E-state index in [4.69, 9.17) is 40.0 Å². The molecular formula is C42H68ClFN2O11. The zero-order chi connectivity index (χ0) is 41.4. The molecule has 2 unspecified atom stereocenters. The van der Waals surface area contributed by atoms with Gasteiger partial charge < -0.3 is 49.3 Å². The number of allylic oxidation sites excluding steroid dienone is 4. The van der Waals surface area contributed by atoms with Crippen molar-refractivity contribution >= 4 is 29.2 Å². The number of rotatable bonds is 28. The first-order chi connectivity index (χ1) is 27.4. The fraction of sp³-hybridized carbons (Fsp3) is 0.833. The average molecular weight is 831 g/mol. The second-order valence-corrected chi connectivity index (χ2v) is 16.7. The molecular weight excluding hydrogens is 763 g/mol. The van der Waals surface area contributed by atoms with Crippen molar-refractivity contribution in [1.82, 2.24) is 10.6 Å². The molecule has 8 atom stereocenters. The van der Waals surface area contributed by atoms with Crippen LogP contribution in [-0.4, -0.2) is 143 Å². The molecule has 0 aliphatic heterocycles. The standard InChI is InChI=1S/C42H68ClFN2O11/c1-31-28-35-34-9-8-32-29-33(47)10-12-39(32,2)41(34,44)36(48)30-40(35,3)42(31,51)38(50)46-15-19-55-23-25-57-27-26-56-24-21-53-17-11-37(49)45-14-18-54-22-20-52-16-7-5-4-6-13-43/h10,12,29,31,34-36,48,51H,4-9,11,13-28,30H2,1-3H3,(H,45,49)(H,46,50)/t31-,34?,35?,36+,39+,40+,41+,42+/m1/s1. The number of fused-ring (bicyclic) bond motifs is 5. The zero-order valence-electron chi connectivity index (χ0n) is 34.3. The van der Waals surface area contributed by atoms with Crippen molar-refractivity contribution in [3.05, 3.63) is 23.8 Å². The monoisotopic (exact) mass is 830 g/mol. The Balaban J connectivity index is 0.984. The fourth-order valence-electron chi connectivity index (χ4n) is 9.65. The maximum atomic E-state index is 17.4. The van der Waals surface area contributed by atoms with Gasteiger partial charge in [0.1, 0.15) is 0 Å². The largest absolute Gasteiger partial charge is 0.390 e. The summed E-state index contributed by atoms with van der Waals surface area (Å²) >= 11 is 5.66. The van der Waals surface area contributed by atoms with Crippen LogP contribution >= 0.6 is 11.6 Å². The molecule has 0 bridgehead atoms. The summed E-state index contributed by atoms with van der Waals surface area (Å²) in [5.41, 5.74) is -5.29. The van der Waals surface area contributed by atoms with Crippen LogP contribution in [0.3, 0.4) is 0 Å². The number of alkyl halides is 2. The highest BCUT2D eigenvalue weighted by atomic mass is 35.5. The first-order valence-electron chi connectivity index (χ1n) is 21.0. The van der Waals surface area contributed by atoms with Crippen LogP contribution in [0.1, 0.15) is 78.6 Å². The molecule has 0 aromatic heterocycles. The van der Waals surface area contributed by atoms with Gasteiger partial charge in [-0.15, -0.1) is 11.6 Å². The zero-order valence-corrected chi connectivity index (χ0v) is 35.1. The molecule has 4 rings (SSSR count). The van der Waals surface area contributed by atoms with Gasteiger partial charge >= 0.3 is 0 Å². The van der Waals surface area contributed by atoms with Crippen LogP contribution in [-0.2, 0) is 42.8 Å². The van der Waals surface area contributed by atoms with Crippen LogP contribution in [0.2, 0.25) is 0 Å². The molecule has 2 amide bonds. The number of carbonyl (C=O) groups excluding carboxylic acids is 3. The summed E-state index contributed by atoms with van der Waals surface area (Å²) in [4.78, 5) is 37.7. The Labute approximate surface area is 343 Å². The third kappa shape index (κ3) is 11.6. The summed E-state index contributed by atoms with van der Waals surface area (Å²) in [6, 6.07) is 0. The molecule has 0 heterocycles. The van der Waals surface area contributed by atoms with Crippen LogP contribution in [0.5, 0.6) is 0 Å². The lowest BCUT2D eigenvalue weighted by Crippen LogP contribution is -2.70. The third-order valence-corrected chi connectivity index (χ3v) is 13.1. The van der Waals surface area contributed by atoms with Gasteiger partial charge in [-0.3, -0.25) is 14.4 Å². The van der Waals surface area contributed by atoms with Gasteiger partial charge in [-0.1, -0.05) is 38.3 Å². The van der Waals surface area contributed by atoms with Crippen molar-refractivity contribution < 1.29 is 57.4 Å². The smallest absolute Gasteiger partial charge is 0.252 e. The van der Waals surface area contributed by atoms with E-state index in [2.05, 4.69) is 10.6 Å². The van der Waals surface area contributed by atoms with Crippen LogP contribution in [0, 0.1) is 28.6 Å². The van der Waals surface area contributed by atoms with Crippen molar-refractivity contribution in [3.63, 3.8) is 0 Å². The first kappa shape index (κ1) is 47.7. The van der Waals surface area contributed by atoms with Crippen molar-refractivity contribution in [1.29, 1.82) is 0 Å². The lowest BCUT2D eigenvalue weighted by atomic mass is 9.44. The summed E-state index contributed by atoms with van der Waals surface area (Å²) in [6.45, 7) is 10.8. The van der Waals surface area contributed by atoms with Gasteiger partial charge in [0, 0.05) is 48.7 Å². The number of nitrogens with one attached hydrogen (secondary N) is 2. The molecule has 326 valence electrons. The Morgan fingerprint density at radius 2 is 1.39 bits per heavy atom. The van der Waals surface area contributed by atoms with Gasteiger partial charge in [0.25, 0.3) is 5.91 Å². The van der Waals surface area contributed by atoms with E-state index in [0.717, 1.165) is 32.3 Å². The van der Waals surface area contributed by atoms with Gasteiger partial charge in [-0.25, -0.2) is 4.39 Å². The van der Waals surface area contributed by atoms with E-state index >= 15 is 4.39 Å². The van der Waals surface area contributed by atoms with Crippen molar-refractivity contribution in [2.45, 2.75) is 95.9 Å². The highest BCUT2D eigenvalue weighted by Crippen LogP contribution is 2.70. The lowest BCUT2D eigenvalue weighted by Gasteiger charge is -2.62. The molecule has 3 fully saturated rings. The molecule has 0 aromatic rings. The maximum absolute atomic E-state index is 17.4. The number of halogens is 2. The topological polar surface area (TPSA) is 171 Å². The average Bonchev–Trinajstić information content (AvgIpc) is 3.38. The third-order valence-electron chi connectivity index (χ3n) is 12.8. The van der Waals surface area contributed by atoms with E-state index in [1.165, 1.54) is 12.2 Å². The van der Waals surface area contributed by atoms with Gasteiger partial charge in [0.05, 0.1) is 78.8 Å². The highest BCUT2D eigenvalue weighted by Gasteiger charge is 2.75. The number of amides is 2. The summed E-state index contributed by atoms with van der Waals surface area (Å²) < 4.78 is 50.5. The van der Waals surface area contributed by atoms with Crippen molar-refractivity contribution in [2.24, 2.45) is 28.6 Å². The van der Waals surface area contributed by atoms with E-state index in [-0.39, 0.29) is 43.6 Å². The van der Waals surface area contributed by atoms with E-state index in [1.54, 1.807) is 13.0 Å². The minimum Gasteiger partial charge on any atom is -0.390 e. The molecule has 4 N–H and O–H groups in total. The number of unbranched alkanes of at least 4 members (excludes halogenated alkanes) is 3. The highest BCUT2D eigenvalue weighted by molar-refractivity contribution is 6.17. The SMILES string of the molecule is C[C@@H]1CC2C3CCC4=CC(=O)C=C[C@]4(C)[C@@]3(F)[C@@H](O)C[C@]2(C)[C@@]1(O)C(=O)NCCOCCOCCOCCOCCC(=O)NCCOCCOCCCCCCCl. The fourth-order valence-corrected chi connectivity index (χ4v) is 9.84. The summed E-state index contributed by atoms with van der Waals surface area (Å²) in [7, 11) is 0. The van der Waals surface area contributed by atoms with Crippen LogP contribution < -0.4 is 10.6 Å². The van der Waals surface area contributed by atoms with E-state index < -0.39 is 45.9 Å². The Bertz CT molecular complexity index is 1360. The number of ketones is 1. The Hall–Kier alpha value is -2.01. The van der Waals surface area contributed by atoms with E-state index in [1.807, 2.05) is 13.8 Å². The predicted octanol–water partition coefficient (Wildman–Crippen LogP) is 3.86. The second kappa shape index (κ2) is 23.1. The minimum atomic E-state index is -2.02. The van der Waals surface area contributed by atoms with Gasteiger partial charge in [0.15, 0.2) is 17.1 Å². The first-order valence-corrected chi connectivity index (χ1v) is 21.5. The molecule has 0 aromatic carbocycles. The van der Waals surface area contributed by atoms with Crippen LogP contribution in [0.25, 0.3) is 0 Å². The normalized spacial score (nSPS) is 31.7. The van der Waals surface area contributed by atoms with Crippen molar-refractivity contribution in [2.75, 3.05) is 98.3 Å². The molecule has 13 nitrogen and oxygen atoms in total. The number of ether oxygens (including phenoxy) is 6. The van der Waals surface area contributed by atoms with E-state index in [9.17, 15) is 24.6 Å². The Morgan fingerprint density at radius 1 is 0.825 bits per heavy atom. The Kier molecular flexibility index (Phi) is 19.3. The molecule has 4 aliphatic rings. The molecule has 0 saturated heterocycles. The van der Waals surface area contributed by atoms with Gasteiger partial charge in [-0.05, 0) is 69.4 Å². The number of carbonyl (C=O) groups is 3. The molecule has 0 spiro atoms. The van der Waals surface area contributed by atoms with Gasteiger partial charge in [-0.2, -0.15) is 0 Å². The second-order valence-electron chi connectivity index (χ2n) is 16.3. The summed E-state index contributed by atoms with van der Waals surface area (Å²) in [6.07, 6.45) is 9.01. The molecule has 15 heteroatoms. The van der Waals surface area contributed by atoms with Crippen molar-refractivity contribution in [3.8, 4) is 0 Å². The van der Waals surface area contributed by atoms with Gasteiger partial charge in [0.2, 0.25) is 5.91 Å². The Morgan fingerprint density at radius 3 is 2.02 bits per heavy atom. The van der Waals surface area contributed by atoms with E-state index in [0.29, 0.717) is 103 Å². The molecule has 3 saturated carbocycles. The maximum Gasteiger partial charge on any atom is 0.252 e. The quantitative estimate of drug-likeness (QED) is 0.0668. The summed E-state index contributed by atoms with van der Waals surface area (Å²) in [5.74, 6) is -1.46. The molecule has 4 aliphatic carbocycles. The summed E-state index contributed by atoms with van der Waals surface area (Å²) in [5, 5.41) is 29.2. The number of hydrogen-bond donors (Lipinski definition) is 4. The molecule has 57 heavy (non-hydrogen) atoms. The van der Waals surface area contributed by atoms with Crippen LogP contribution in [0.15, 0.2) is 23.8 Å². The van der Waals surface area contributed by atoms with Crippen LogP contribution in [0.4, 0.5) is 4.39 Å². The molecule has 0 radical (unpaired) electrons. The minimum absolute atomic E-state index is 0.0711. The lowest BCUT2D eigenvalue weighted by molar-refractivity contribution is -0.219. The predicted molar refractivity (Wildman–Crippen MR) is 213 cm³/mol. The number of aliphatic hydroxyl groups is 2. The number of hydrogen-bond acceptors (Lipinski definition) is 11. The number of aliphatic hydroxyl groups excluding tert-OH is 1.